The fourth-order valence-electron chi connectivity index (χ4n) is 5.81. The number of fused-ring (bicyclic) bond motifs is 1. The molecule has 4 aromatic rings. The number of benzene rings is 2. The lowest BCUT2D eigenvalue weighted by molar-refractivity contribution is -0.0842. The van der Waals surface area contributed by atoms with E-state index in [1.165, 1.54) is 13.3 Å². The minimum Gasteiger partial charge on any atom is -0.495 e. The van der Waals surface area contributed by atoms with Crippen LogP contribution in [0.5, 0.6) is 17.2 Å². The lowest BCUT2D eigenvalue weighted by atomic mass is 9.73. The van der Waals surface area contributed by atoms with Crippen LogP contribution in [-0.2, 0) is 11.3 Å². The van der Waals surface area contributed by atoms with Gasteiger partial charge in [0.1, 0.15) is 11.8 Å². The number of likely N-dealkylation sites (tertiary alicyclic amines) is 1. The molecule has 2 aromatic carbocycles. The smallest absolute Gasteiger partial charge is 0.170 e. The highest BCUT2D eigenvalue weighted by Crippen LogP contribution is 2.41. The van der Waals surface area contributed by atoms with Crippen LogP contribution in [0, 0.1) is 16.7 Å². The van der Waals surface area contributed by atoms with Crippen LogP contribution in [-0.4, -0.2) is 55.4 Å². The highest BCUT2D eigenvalue weighted by Gasteiger charge is 2.43. The monoisotopic (exact) mass is 631 g/mol. The van der Waals surface area contributed by atoms with Gasteiger partial charge in [0.05, 0.1) is 64.4 Å². The topological polar surface area (TPSA) is 102 Å². The van der Waals surface area contributed by atoms with E-state index in [4.69, 9.17) is 47.1 Å². The molecule has 1 spiro atoms. The predicted octanol–water partition coefficient (Wildman–Crippen LogP) is 7.23. The van der Waals surface area contributed by atoms with Gasteiger partial charge in [-0.15, -0.1) is 0 Å². The number of halogens is 2. The van der Waals surface area contributed by atoms with Gasteiger partial charge < -0.3 is 24.3 Å². The van der Waals surface area contributed by atoms with Gasteiger partial charge in [-0.1, -0.05) is 29.3 Å². The predicted molar refractivity (Wildman–Crippen MR) is 171 cm³/mol. The normalized spacial score (nSPS) is 16.1. The van der Waals surface area contributed by atoms with Gasteiger partial charge >= 0.3 is 0 Å². The number of nitrogens with one attached hydrogen (secondary N) is 1. The molecule has 0 saturated carbocycles. The number of aromatic nitrogens is 2. The van der Waals surface area contributed by atoms with Crippen molar-refractivity contribution in [1.29, 1.82) is 5.26 Å². The molecule has 2 aliphatic rings. The Bertz CT molecular complexity index is 1760. The average Bonchev–Trinajstić information content (AvgIpc) is 3.02. The number of ether oxygens (including phenoxy) is 4. The van der Waals surface area contributed by atoms with Gasteiger partial charge in [-0.25, -0.2) is 0 Å². The molecule has 2 aromatic heterocycles. The van der Waals surface area contributed by atoms with Crippen molar-refractivity contribution in [2.45, 2.75) is 19.4 Å². The Morgan fingerprint density at radius 3 is 2.59 bits per heavy atom. The molecule has 0 unspecified atom stereocenters. The fourth-order valence-corrected chi connectivity index (χ4v) is 6.31. The van der Waals surface area contributed by atoms with Crippen LogP contribution in [0.1, 0.15) is 29.8 Å². The molecule has 9 nitrogen and oxygen atoms in total. The van der Waals surface area contributed by atoms with E-state index in [0.29, 0.717) is 60.5 Å². The maximum Gasteiger partial charge on any atom is 0.170 e. The molecule has 0 bridgehead atoms. The quantitative estimate of drug-likeness (QED) is 0.192. The van der Waals surface area contributed by atoms with Gasteiger partial charge in [0.2, 0.25) is 0 Å². The second kappa shape index (κ2) is 12.9. The van der Waals surface area contributed by atoms with E-state index in [1.54, 1.807) is 37.6 Å². The van der Waals surface area contributed by atoms with Crippen molar-refractivity contribution in [3.63, 3.8) is 0 Å². The summed E-state index contributed by atoms with van der Waals surface area (Å²) in [6, 6.07) is 15.0. The van der Waals surface area contributed by atoms with E-state index in [9.17, 15) is 5.26 Å². The van der Waals surface area contributed by atoms with Gasteiger partial charge in [-0.2, -0.15) is 5.26 Å². The van der Waals surface area contributed by atoms with Crippen LogP contribution in [0.2, 0.25) is 10.0 Å². The third-order valence-corrected chi connectivity index (χ3v) is 8.70. The van der Waals surface area contributed by atoms with Crippen LogP contribution in [0.4, 0.5) is 11.4 Å². The van der Waals surface area contributed by atoms with Crippen molar-refractivity contribution in [3.8, 4) is 23.3 Å². The Balaban J connectivity index is 1.20. The zero-order chi connectivity index (χ0) is 30.7. The zero-order valence-corrected chi connectivity index (χ0v) is 25.9. The molecule has 44 heavy (non-hydrogen) atoms. The summed E-state index contributed by atoms with van der Waals surface area (Å²) >= 11 is 12.7. The first-order valence-corrected chi connectivity index (χ1v) is 15.0. The number of anilines is 2. The van der Waals surface area contributed by atoms with E-state index in [1.807, 2.05) is 18.2 Å². The second-order valence-electron chi connectivity index (χ2n) is 11.0. The molecule has 6 rings (SSSR count). The first-order valence-electron chi connectivity index (χ1n) is 14.2. The van der Waals surface area contributed by atoms with Crippen LogP contribution >= 0.6 is 23.2 Å². The summed E-state index contributed by atoms with van der Waals surface area (Å²) in [4.78, 5) is 11.7. The van der Waals surface area contributed by atoms with Crippen LogP contribution in [0.3, 0.4) is 0 Å². The van der Waals surface area contributed by atoms with Crippen molar-refractivity contribution >= 4 is 51.6 Å². The van der Waals surface area contributed by atoms with E-state index >= 15 is 0 Å². The number of hydrogen-bond donors (Lipinski definition) is 1. The van der Waals surface area contributed by atoms with E-state index in [-0.39, 0.29) is 0 Å². The summed E-state index contributed by atoms with van der Waals surface area (Å²) < 4.78 is 22.5. The van der Waals surface area contributed by atoms with Crippen molar-refractivity contribution in [3.05, 3.63) is 81.9 Å². The highest BCUT2D eigenvalue weighted by molar-refractivity contribution is 6.37. The highest BCUT2D eigenvalue weighted by atomic mass is 35.5. The molecule has 4 heterocycles. The number of pyridine rings is 2. The van der Waals surface area contributed by atoms with Crippen molar-refractivity contribution in [2.75, 3.05) is 45.8 Å². The lowest BCUT2D eigenvalue weighted by Gasteiger charge is -2.52. The third-order valence-electron chi connectivity index (χ3n) is 8.09. The first-order chi connectivity index (χ1) is 21.4. The summed E-state index contributed by atoms with van der Waals surface area (Å²) in [6.45, 7) is 4.77. The Labute approximate surface area is 265 Å². The molecule has 2 fully saturated rings. The average molecular weight is 633 g/mol. The number of nitrogens with zero attached hydrogens (tertiary/aromatic N) is 4. The van der Waals surface area contributed by atoms with Gasteiger partial charge in [0, 0.05) is 62.0 Å². The molecule has 0 aliphatic carbocycles. The standard InChI is InChI=1S/C33H31Cl2N5O4/c1-41-29-15-28(25(34)13-26(29)35)39-32-21(16-36)17-37-27-14-31(30(42-2)12-24(27)32)44-9-6-22-4-3-5-23(38-22)18-40-19-33(20-40)7-10-43-11-8-33/h3-6,9,12-15,17H,7-8,10-11,18-20H2,1-2H3,(H,37,39)/b9-6+. The summed E-state index contributed by atoms with van der Waals surface area (Å²) in [6.07, 6.45) is 7.19. The minimum absolute atomic E-state index is 0.324. The summed E-state index contributed by atoms with van der Waals surface area (Å²) in [7, 11) is 3.07. The third kappa shape index (κ3) is 6.26. The van der Waals surface area contributed by atoms with Gasteiger partial charge in [0.25, 0.3) is 0 Å². The second-order valence-corrected chi connectivity index (χ2v) is 11.8. The first kappa shape index (κ1) is 30.0. The van der Waals surface area contributed by atoms with Crippen LogP contribution in [0.25, 0.3) is 17.0 Å². The Hall–Kier alpha value is -4.07. The molecule has 0 atom stereocenters. The number of rotatable bonds is 9. The molecule has 1 N–H and O–H groups in total. The van der Waals surface area contributed by atoms with E-state index < -0.39 is 0 Å². The van der Waals surface area contributed by atoms with Crippen LogP contribution in [0.15, 0.2) is 54.9 Å². The molecule has 0 radical (unpaired) electrons. The van der Waals surface area contributed by atoms with Gasteiger partial charge in [-0.05, 0) is 43.2 Å². The Kier molecular flexibility index (Phi) is 8.78. The molecular weight excluding hydrogens is 601 g/mol. The van der Waals surface area contributed by atoms with E-state index in [2.05, 4.69) is 27.3 Å². The minimum atomic E-state index is 0.324. The summed E-state index contributed by atoms with van der Waals surface area (Å²) in [5.41, 5.74) is 4.19. The molecule has 226 valence electrons. The van der Waals surface area contributed by atoms with Gasteiger partial charge in [0.15, 0.2) is 11.5 Å². The maximum atomic E-state index is 9.83. The number of nitriles is 1. The maximum absolute atomic E-state index is 9.83. The number of methoxy groups -OCH3 is 2. The number of hydrogen-bond acceptors (Lipinski definition) is 9. The molecule has 11 heteroatoms. The zero-order valence-electron chi connectivity index (χ0n) is 24.4. The molecule has 2 aliphatic heterocycles. The lowest BCUT2D eigenvalue weighted by Crippen LogP contribution is -2.57. The summed E-state index contributed by atoms with van der Waals surface area (Å²) in [5, 5.41) is 14.5. The van der Waals surface area contributed by atoms with Crippen molar-refractivity contribution < 1.29 is 18.9 Å². The molecular formula is C33H31Cl2N5O4. The SMILES string of the molecule is COc1cc(Nc2c(C#N)cnc3cc(O/C=C/c4cccc(CN5CC6(CCOCC6)C5)n4)c(OC)cc23)c(Cl)cc1Cl. The Morgan fingerprint density at radius 2 is 1.84 bits per heavy atom. The van der Waals surface area contributed by atoms with Crippen molar-refractivity contribution in [2.24, 2.45) is 5.41 Å². The van der Waals surface area contributed by atoms with Gasteiger partial charge in [-0.3, -0.25) is 14.9 Å². The summed E-state index contributed by atoms with van der Waals surface area (Å²) in [5.74, 6) is 1.37. The molecule has 0 amide bonds. The largest absolute Gasteiger partial charge is 0.495 e. The van der Waals surface area contributed by atoms with E-state index in [0.717, 1.165) is 57.1 Å². The van der Waals surface area contributed by atoms with Crippen molar-refractivity contribution in [1.82, 2.24) is 14.9 Å². The Morgan fingerprint density at radius 1 is 1.05 bits per heavy atom. The fraction of sp³-hybridized carbons (Fsp3) is 0.303. The molecule has 2 saturated heterocycles. The van der Waals surface area contributed by atoms with Crippen LogP contribution < -0.4 is 19.5 Å².